The summed E-state index contributed by atoms with van der Waals surface area (Å²) in [6, 6.07) is 5.45. The van der Waals surface area contributed by atoms with Gasteiger partial charge in [-0.05, 0) is 64.3 Å². The molecule has 6 nitrogen and oxygen atoms in total. The summed E-state index contributed by atoms with van der Waals surface area (Å²) in [4.78, 5) is 12.2. The van der Waals surface area contributed by atoms with Crippen molar-refractivity contribution in [2.75, 3.05) is 20.8 Å². The molecule has 2 amide bonds. The van der Waals surface area contributed by atoms with Crippen LogP contribution in [0.25, 0.3) is 0 Å². The first-order valence-electron chi connectivity index (χ1n) is 8.62. The van der Waals surface area contributed by atoms with Crippen molar-refractivity contribution < 1.29 is 19.0 Å². The third kappa shape index (κ3) is 5.01. The van der Waals surface area contributed by atoms with E-state index >= 15 is 0 Å². The number of hydrogen-bond acceptors (Lipinski definition) is 4. The van der Waals surface area contributed by atoms with E-state index in [0.29, 0.717) is 13.0 Å². The van der Waals surface area contributed by atoms with E-state index in [1.54, 1.807) is 14.2 Å². The molecular formula is C19H30N2O4. The summed E-state index contributed by atoms with van der Waals surface area (Å²) in [5, 5.41) is 5.94. The molecule has 25 heavy (non-hydrogen) atoms. The molecule has 1 unspecified atom stereocenters. The van der Waals surface area contributed by atoms with Crippen LogP contribution in [0.4, 0.5) is 4.79 Å². The molecule has 0 saturated carbocycles. The molecule has 1 atom stereocenters. The molecule has 0 aromatic heterocycles. The number of carbonyl (C=O) groups is 1. The first kappa shape index (κ1) is 19.4. The average molecular weight is 350 g/mol. The zero-order chi connectivity index (χ0) is 18.7. The number of carbonyl (C=O) groups excluding carboxylic acids is 1. The first-order valence-corrected chi connectivity index (χ1v) is 8.62. The van der Waals surface area contributed by atoms with Crippen molar-refractivity contribution in [1.82, 2.24) is 10.6 Å². The second-order valence-corrected chi connectivity index (χ2v) is 7.55. The second kappa shape index (κ2) is 7.52. The van der Waals surface area contributed by atoms with Gasteiger partial charge in [-0.1, -0.05) is 0 Å². The summed E-state index contributed by atoms with van der Waals surface area (Å²) in [7, 11) is 3.26. The highest BCUT2D eigenvalue weighted by Gasteiger charge is 2.46. The molecule has 2 rings (SSSR count). The number of rotatable bonds is 6. The Hall–Kier alpha value is -1.95. The summed E-state index contributed by atoms with van der Waals surface area (Å²) >= 11 is 0. The zero-order valence-corrected chi connectivity index (χ0v) is 16.1. The number of amides is 2. The van der Waals surface area contributed by atoms with Gasteiger partial charge >= 0.3 is 6.03 Å². The largest absolute Gasteiger partial charge is 0.497 e. The minimum atomic E-state index is -0.378. The Morgan fingerprint density at radius 3 is 2.52 bits per heavy atom. The van der Waals surface area contributed by atoms with Crippen molar-refractivity contribution in [3.05, 3.63) is 23.8 Å². The highest BCUT2D eigenvalue weighted by atomic mass is 16.5. The molecule has 2 N–H and O–H groups in total. The van der Waals surface area contributed by atoms with Gasteiger partial charge in [0.2, 0.25) is 0 Å². The van der Waals surface area contributed by atoms with Gasteiger partial charge in [-0.3, -0.25) is 0 Å². The predicted octanol–water partition coefficient (Wildman–Crippen LogP) is 2.89. The lowest BCUT2D eigenvalue weighted by atomic mass is 9.95. The zero-order valence-electron chi connectivity index (χ0n) is 16.1. The van der Waals surface area contributed by atoms with Crippen LogP contribution in [-0.4, -0.2) is 44.0 Å². The van der Waals surface area contributed by atoms with Crippen LogP contribution in [0, 0.1) is 0 Å². The fourth-order valence-corrected chi connectivity index (χ4v) is 3.38. The lowest BCUT2D eigenvalue weighted by Crippen LogP contribution is -2.50. The quantitative estimate of drug-likeness (QED) is 0.828. The molecule has 1 aliphatic heterocycles. The van der Waals surface area contributed by atoms with Crippen LogP contribution in [0.1, 0.15) is 39.7 Å². The average Bonchev–Trinajstić information content (AvgIpc) is 2.73. The van der Waals surface area contributed by atoms with Crippen molar-refractivity contribution in [3.63, 3.8) is 0 Å². The maximum Gasteiger partial charge on any atom is 0.315 e. The van der Waals surface area contributed by atoms with Crippen LogP contribution >= 0.6 is 0 Å². The molecule has 0 spiro atoms. The summed E-state index contributed by atoms with van der Waals surface area (Å²) in [6.07, 6.45) is 1.45. The minimum Gasteiger partial charge on any atom is -0.497 e. The lowest BCUT2D eigenvalue weighted by molar-refractivity contribution is -0.0690. The van der Waals surface area contributed by atoms with Gasteiger partial charge in [0.05, 0.1) is 31.5 Å². The number of nitrogens with one attached hydrogen (secondary N) is 2. The smallest absolute Gasteiger partial charge is 0.315 e. The number of urea groups is 1. The fourth-order valence-electron chi connectivity index (χ4n) is 3.38. The van der Waals surface area contributed by atoms with Crippen LogP contribution in [-0.2, 0) is 11.2 Å². The van der Waals surface area contributed by atoms with Gasteiger partial charge in [-0.15, -0.1) is 0 Å². The number of benzene rings is 1. The molecule has 1 saturated heterocycles. The van der Waals surface area contributed by atoms with E-state index in [2.05, 4.69) is 10.6 Å². The molecule has 1 aliphatic rings. The van der Waals surface area contributed by atoms with Crippen LogP contribution < -0.4 is 20.1 Å². The van der Waals surface area contributed by atoms with E-state index in [-0.39, 0.29) is 23.3 Å². The Labute approximate surface area is 150 Å². The minimum absolute atomic E-state index is 0.0196. The van der Waals surface area contributed by atoms with Crippen LogP contribution in [0.15, 0.2) is 18.2 Å². The first-order chi connectivity index (χ1) is 11.7. The Morgan fingerprint density at radius 2 is 1.96 bits per heavy atom. The molecule has 140 valence electrons. The maximum absolute atomic E-state index is 12.2. The highest BCUT2D eigenvalue weighted by molar-refractivity contribution is 5.74. The van der Waals surface area contributed by atoms with Crippen LogP contribution in [0.3, 0.4) is 0 Å². The van der Waals surface area contributed by atoms with Gasteiger partial charge < -0.3 is 24.8 Å². The summed E-state index contributed by atoms with van der Waals surface area (Å²) in [6.45, 7) is 8.61. The van der Waals surface area contributed by atoms with Crippen molar-refractivity contribution in [2.24, 2.45) is 0 Å². The second-order valence-electron chi connectivity index (χ2n) is 7.55. The number of ether oxygens (including phenoxy) is 3. The molecular weight excluding hydrogens is 320 g/mol. The third-order valence-corrected chi connectivity index (χ3v) is 4.55. The molecule has 1 heterocycles. The molecule has 1 aromatic carbocycles. The summed E-state index contributed by atoms with van der Waals surface area (Å²) < 4.78 is 16.6. The maximum atomic E-state index is 12.2. The van der Waals surface area contributed by atoms with E-state index in [1.165, 1.54) is 0 Å². The Balaban J connectivity index is 1.87. The van der Waals surface area contributed by atoms with Crippen molar-refractivity contribution in [3.8, 4) is 11.5 Å². The topological polar surface area (TPSA) is 68.8 Å². The van der Waals surface area contributed by atoms with E-state index in [4.69, 9.17) is 14.2 Å². The summed E-state index contributed by atoms with van der Waals surface area (Å²) in [5.41, 5.74) is 0.388. The van der Waals surface area contributed by atoms with Gasteiger partial charge in [0.1, 0.15) is 11.5 Å². The van der Waals surface area contributed by atoms with E-state index in [1.807, 2.05) is 45.9 Å². The van der Waals surface area contributed by atoms with Gasteiger partial charge in [0, 0.05) is 6.54 Å². The van der Waals surface area contributed by atoms with Gasteiger partial charge in [-0.25, -0.2) is 4.79 Å². The Kier molecular flexibility index (Phi) is 5.83. The van der Waals surface area contributed by atoms with Gasteiger partial charge in [0.25, 0.3) is 0 Å². The summed E-state index contributed by atoms with van der Waals surface area (Å²) in [5.74, 6) is 1.56. The van der Waals surface area contributed by atoms with E-state index < -0.39 is 0 Å². The monoisotopic (exact) mass is 350 g/mol. The van der Waals surface area contributed by atoms with Gasteiger partial charge in [0.15, 0.2) is 0 Å². The molecule has 0 aliphatic carbocycles. The van der Waals surface area contributed by atoms with Crippen molar-refractivity contribution in [1.29, 1.82) is 0 Å². The normalized spacial score (nSPS) is 20.8. The molecule has 1 fully saturated rings. The third-order valence-electron chi connectivity index (χ3n) is 4.55. The lowest BCUT2D eigenvalue weighted by Gasteiger charge is -2.27. The van der Waals surface area contributed by atoms with E-state index in [0.717, 1.165) is 23.5 Å². The standard InChI is InChI=1S/C19H30N2O4/c1-18(2)12-16(19(3,4)25-18)21-17(22)20-10-9-13-11-14(23-5)7-8-15(13)24-6/h7-8,11,16H,9-10,12H2,1-6H3,(H2,20,21,22). The van der Waals surface area contributed by atoms with Crippen LogP contribution in [0.5, 0.6) is 11.5 Å². The molecule has 1 aromatic rings. The SMILES string of the molecule is COc1ccc(OC)c(CCNC(=O)NC2CC(C)(C)OC2(C)C)c1. The van der Waals surface area contributed by atoms with Gasteiger partial charge in [-0.2, -0.15) is 0 Å². The van der Waals surface area contributed by atoms with Crippen LogP contribution in [0.2, 0.25) is 0 Å². The number of hydrogen-bond donors (Lipinski definition) is 2. The highest BCUT2D eigenvalue weighted by Crippen LogP contribution is 2.37. The predicted molar refractivity (Wildman–Crippen MR) is 97.4 cm³/mol. The van der Waals surface area contributed by atoms with Crippen molar-refractivity contribution >= 4 is 6.03 Å². The molecule has 6 heteroatoms. The van der Waals surface area contributed by atoms with Crippen molar-refractivity contribution in [2.45, 2.75) is 57.8 Å². The fraction of sp³-hybridized carbons (Fsp3) is 0.632. The molecule has 0 radical (unpaired) electrons. The number of methoxy groups -OCH3 is 2. The van der Waals surface area contributed by atoms with E-state index in [9.17, 15) is 4.79 Å². The Bertz CT molecular complexity index is 613. The molecule has 0 bridgehead atoms. The Morgan fingerprint density at radius 1 is 1.24 bits per heavy atom.